The largest absolute Gasteiger partial charge is 0.459 e. The Hall–Kier alpha value is -3.30. The van der Waals surface area contributed by atoms with E-state index in [4.69, 9.17) is 4.74 Å². The zero-order valence-electron chi connectivity index (χ0n) is 18.8. The third-order valence-electron chi connectivity index (χ3n) is 5.03. The van der Waals surface area contributed by atoms with Crippen molar-refractivity contribution in [2.45, 2.75) is 33.4 Å². The Balaban J connectivity index is 1.59. The molecule has 0 aliphatic heterocycles. The molecule has 174 valence electrons. The number of benzene rings is 2. The van der Waals surface area contributed by atoms with Crippen LogP contribution in [0.5, 0.6) is 0 Å². The van der Waals surface area contributed by atoms with E-state index in [9.17, 15) is 14.4 Å². The van der Waals surface area contributed by atoms with Gasteiger partial charge in [-0.15, -0.1) is 11.3 Å². The van der Waals surface area contributed by atoms with E-state index in [-0.39, 0.29) is 18.2 Å². The van der Waals surface area contributed by atoms with Crippen molar-refractivity contribution in [2.75, 3.05) is 5.32 Å². The second kappa shape index (κ2) is 9.90. The van der Waals surface area contributed by atoms with Crippen LogP contribution in [0.3, 0.4) is 0 Å². The minimum absolute atomic E-state index is 0.211. The molecule has 34 heavy (non-hydrogen) atoms. The van der Waals surface area contributed by atoms with Crippen LogP contribution in [0.25, 0.3) is 21.3 Å². The molecule has 9 heteroatoms. The van der Waals surface area contributed by atoms with Gasteiger partial charge in [-0.05, 0) is 56.7 Å². The van der Waals surface area contributed by atoms with Crippen LogP contribution >= 0.6 is 27.3 Å². The Labute approximate surface area is 208 Å². The highest BCUT2D eigenvalue weighted by molar-refractivity contribution is 9.10. The molecular formula is C25H22BrN3O4S. The predicted octanol–water partition coefficient (Wildman–Crippen LogP) is 5.40. The lowest BCUT2D eigenvalue weighted by atomic mass is 10.0. The number of hydrogen-bond acceptors (Lipinski definition) is 6. The van der Waals surface area contributed by atoms with Gasteiger partial charge in [0.05, 0.1) is 23.4 Å². The van der Waals surface area contributed by atoms with Crippen LogP contribution in [0.15, 0.2) is 64.1 Å². The monoisotopic (exact) mass is 539 g/mol. The molecule has 0 saturated heterocycles. The summed E-state index contributed by atoms with van der Waals surface area (Å²) in [7, 11) is 0. The highest BCUT2D eigenvalue weighted by Crippen LogP contribution is 2.35. The molecule has 2 heterocycles. The number of rotatable bonds is 6. The molecule has 7 nitrogen and oxygen atoms in total. The molecule has 1 amide bonds. The maximum absolute atomic E-state index is 13.3. The molecule has 2 aromatic carbocycles. The van der Waals surface area contributed by atoms with Gasteiger partial charge in [0.1, 0.15) is 11.4 Å². The van der Waals surface area contributed by atoms with Crippen LogP contribution in [-0.2, 0) is 16.1 Å². The molecule has 1 N–H and O–H groups in total. The SMILES string of the molecule is Cc1sc2ncn(CC(=O)Nc3cccc(C(=O)OC(C)C)c3)c(=O)c2c1-c1ccc(Br)cc1. The van der Waals surface area contributed by atoms with Gasteiger partial charge in [0.15, 0.2) is 0 Å². The summed E-state index contributed by atoms with van der Waals surface area (Å²) in [5.41, 5.74) is 2.23. The average molecular weight is 540 g/mol. The zero-order valence-corrected chi connectivity index (χ0v) is 21.2. The summed E-state index contributed by atoms with van der Waals surface area (Å²) in [6.07, 6.45) is 1.14. The number of carbonyl (C=O) groups is 2. The first kappa shape index (κ1) is 23.8. The summed E-state index contributed by atoms with van der Waals surface area (Å²) in [5.74, 6) is -0.875. The van der Waals surface area contributed by atoms with Crippen molar-refractivity contribution in [3.8, 4) is 11.1 Å². The fraction of sp³-hybridized carbons (Fsp3) is 0.200. The Kier molecular flexibility index (Phi) is 6.95. The zero-order chi connectivity index (χ0) is 24.4. The standard InChI is InChI=1S/C25H22BrN3O4S/c1-14(2)33-25(32)17-5-4-6-19(11-17)28-20(30)12-29-13-27-23-22(24(29)31)21(15(3)34-23)16-7-9-18(26)10-8-16/h4-11,13-14H,12H2,1-3H3,(H,28,30). The van der Waals surface area contributed by atoms with Gasteiger partial charge in [-0.3, -0.25) is 14.2 Å². The molecule has 4 aromatic rings. The smallest absolute Gasteiger partial charge is 0.338 e. The van der Waals surface area contributed by atoms with Crippen molar-refractivity contribution in [1.29, 1.82) is 0 Å². The number of aromatic nitrogens is 2. The molecule has 0 saturated carbocycles. The molecule has 0 atom stereocenters. The van der Waals surface area contributed by atoms with Gasteiger partial charge in [0, 0.05) is 20.6 Å². The van der Waals surface area contributed by atoms with Gasteiger partial charge in [-0.1, -0.05) is 34.1 Å². The number of nitrogens with zero attached hydrogens (tertiary/aromatic N) is 2. The molecule has 0 aliphatic carbocycles. The summed E-state index contributed by atoms with van der Waals surface area (Å²) in [4.78, 5) is 44.2. The predicted molar refractivity (Wildman–Crippen MR) is 137 cm³/mol. The first-order chi connectivity index (χ1) is 16.2. The molecule has 0 unspecified atom stereocenters. The first-order valence-electron chi connectivity index (χ1n) is 10.6. The Morgan fingerprint density at radius 2 is 1.91 bits per heavy atom. The van der Waals surface area contributed by atoms with Crippen LogP contribution in [-0.4, -0.2) is 27.5 Å². The third kappa shape index (κ3) is 5.10. The normalized spacial score (nSPS) is 11.1. The highest BCUT2D eigenvalue weighted by atomic mass is 79.9. The van der Waals surface area contributed by atoms with E-state index in [1.807, 2.05) is 31.2 Å². The summed E-state index contributed by atoms with van der Waals surface area (Å²) in [5, 5.41) is 3.23. The van der Waals surface area contributed by atoms with Gasteiger partial charge in [-0.25, -0.2) is 9.78 Å². The van der Waals surface area contributed by atoms with E-state index in [1.54, 1.807) is 38.1 Å². The van der Waals surface area contributed by atoms with Crippen LogP contribution in [0.1, 0.15) is 29.1 Å². The number of hydrogen-bond donors (Lipinski definition) is 1. The van der Waals surface area contributed by atoms with E-state index in [2.05, 4.69) is 26.2 Å². The van der Waals surface area contributed by atoms with E-state index < -0.39 is 11.9 Å². The van der Waals surface area contributed by atoms with E-state index >= 15 is 0 Å². The van der Waals surface area contributed by atoms with E-state index in [0.717, 1.165) is 20.5 Å². The number of ether oxygens (including phenoxy) is 1. The van der Waals surface area contributed by atoms with E-state index in [0.29, 0.717) is 21.5 Å². The maximum atomic E-state index is 13.3. The fourth-order valence-corrected chi connectivity index (χ4v) is 4.84. The van der Waals surface area contributed by atoms with Crippen molar-refractivity contribution < 1.29 is 14.3 Å². The van der Waals surface area contributed by atoms with Crippen LogP contribution < -0.4 is 10.9 Å². The highest BCUT2D eigenvalue weighted by Gasteiger charge is 2.18. The van der Waals surface area contributed by atoms with Crippen molar-refractivity contribution in [2.24, 2.45) is 0 Å². The second-order valence-electron chi connectivity index (χ2n) is 7.98. The average Bonchev–Trinajstić information content (AvgIpc) is 3.12. The van der Waals surface area contributed by atoms with Crippen LogP contribution in [0.4, 0.5) is 5.69 Å². The molecule has 0 spiro atoms. The fourth-order valence-electron chi connectivity index (χ4n) is 3.58. The number of aryl methyl sites for hydroxylation is 1. The van der Waals surface area contributed by atoms with Crippen molar-refractivity contribution in [3.63, 3.8) is 0 Å². The molecule has 0 aliphatic rings. The first-order valence-corrected chi connectivity index (χ1v) is 12.2. The van der Waals surface area contributed by atoms with Gasteiger partial charge >= 0.3 is 5.97 Å². The van der Waals surface area contributed by atoms with Gasteiger partial charge in [0.25, 0.3) is 5.56 Å². The second-order valence-corrected chi connectivity index (χ2v) is 10.1. The Morgan fingerprint density at radius 3 is 2.62 bits per heavy atom. The lowest BCUT2D eigenvalue weighted by molar-refractivity contribution is -0.116. The van der Waals surface area contributed by atoms with Gasteiger partial charge in [0.2, 0.25) is 5.91 Å². The van der Waals surface area contributed by atoms with Gasteiger partial charge < -0.3 is 10.1 Å². The number of fused-ring (bicyclic) bond motifs is 1. The molecule has 2 aromatic heterocycles. The van der Waals surface area contributed by atoms with Gasteiger partial charge in [-0.2, -0.15) is 0 Å². The minimum atomic E-state index is -0.467. The lowest BCUT2D eigenvalue weighted by Crippen LogP contribution is -2.27. The maximum Gasteiger partial charge on any atom is 0.338 e. The van der Waals surface area contributed by atoms with Crippen LogP contribution in [0, 0.1) is 6.92 Å². The number of thiophene rings is 1. The number of anilines is 1. The molecular weight excluding hydrogens is 518 g/mol. The number of nitrogens with one attached hydrogen (secondary N) is 1. The Morgan fingerprint density at radius 1 is 1.18 bits per heavy atom. The quantitative estimate of drug-likeness (QED) is 0.331. The summed E-state index contributed by atoms with van der Waals surface area (Å²) in [6.45, 7) is 5.28. The molecule has 0 radical (unpaired) electrons. The number of carbonyl (C=O) groups excluding carboxylic acids is 2. The number of amides is 1. The molecule has 4 rings (SSSR count). The lowest BCUT2D eigenvalue weighted by Gasteiger charge is -2.10. The topological polar surface area (TPSA) is 90.3 Å². The molecule has 0 bridgehead atoms. The van der Waals surface area contributed by atoms with Crippen molar-refractivity contribution >= 4 is 55.0 Å². The summed E-state index contributed by atoms with van der Waals surface area (Å²) >= 11 is 4.88. The minimum Gasteiger partial charge on any atom is -0.459 e. The molecule has 0 fully saturated rings. The Bertz CT molecular complexity index is 1440. The van der Waals surface area contributed by atoms with E-state index in [1.165, 1.54) is 22.2 Å². The third-order valence-corrected chi connectivity index (χ3v) is 6.57. The number of esters is 1. The van der Waals surface area contributed by atoms with Crippen LogP contribution in [0.2, 0.25) is 0 Å². The summed E-state index contributed by atoms with van der Waals surface area (Å²) < 4.78 is 7.44. The van der Waals surface area contributed by atoms with Crippen molar-refractivity contribution in [1.82, 2.24) is 9.55 Å². The summed E-state index contributed by atoms with van der Waals surface area (Å²) in [6, 6.07) is 14.2. The van der Waals surface area contributed by atoms with Crippen molar-refractivity contribution in [3.05, 3.63) is 80.1 Å². The number of halogens is 1.